The molecule has 6 heteroatoms. The Morgan fingerprint density at radius 1 is 1.08 bits per heavy atom. The smallest absolute Gasteiger partial charge is 0.190 e. The maximum atomic E-state index is 13.6. The van der Waals surface area contributed by atoms with Crippen LogP contribution in [0.5, 0.6) is 0 Å². The van der Waals surface area contributed by atoms with Crippen LogP contribution in [0.2, 0.25) is 0 Å². The number of halogens is 1. The van der Waals surface area contributed by atoms with Crippen LogP contribution in [-0.2, 0) is 12.8 Å². The Morgan fingerprint density at radius 2 is 1.84 bits per heavy atom. The van der Waals surface area contributed by atoms with Crippen molar-refractivity contribution in [3.8, 4) is 0 Å². The molecule has 3 rings (SSSR count). The standard InChI is InChI=1S/C19H22FN5/c1-21-19(22-11-9-15-6-2-3-7-17(15)20)23-12-10-16-14-25-13-5-4-8-18(25)24-16/h2-8,13-14H,9-12H2,1H3,(H2,21,22,23). The molecule has 2 heterocycles. The molecule has 0 spiro atoms. The van der Waals surface area contributed by atoms with E-state index in [9.17, 15) is 4.39 Å². The normalized spacial score (nSPS) is 11.7. The summed E-state index contributed by atoms with van der Waals surface area (Å²) in [7, 11) is 1.73. The zero-order chi connectivity index (χ0) is 17.5. The lowest BCUT2D eigenvalue weighted by molar-refractivity contribution is 0.606. The van der Waals surface area contributed by atoms with Gasteiger partial charge >= 0.3 is 0 Å². The predicted molar refractivity (Wildman–Crippen MR) is 98.4 cm³/mol. The van der Waals surface area contributed by atoms with Crippen LogP contribution < -0.4 is 10.6 Å². The van der Waals surface area contributed by atoms with E-state index < -0.39 is 0 Å². The largest absolute Gasteiger partial charge is 0.356 e. The van der Waals surface area contributed by atoms with Crippen molar-refractivity contribution in [2.45, 2.75) is 12.8 Å². The third-order valence-electron chi connectivity index (χ3n) is 3.96. The van der Waals surface area contributed by atoms with E-state index in [-0.39, 0.29) is 5.82 Å². The highest BCUT2D eigenvalue weighted by molar-refractivity contribution is 5.79. The molecule has 0 saturated carbocycles. The zero-order valence-electron chi connectivity index (χ0n) is 14.2. The predicted octanol–water partition coefficient (Wildman–Crippen LogP) is 2.42. The molecular formula is C19H22FN5. The molecule has 25 heavy (non-hydrogen) atoms. The fourth-order valence-corrected chi connectivity index (χ4v) is 2.65. The van der Waals surface area contributed by atoms with E-state index in [1.807, 2.05) is 41.1 Å². The first-order valence-corrected chi connectivity index (χ1v) is 8.37. The number of nitrogens with zero attached hydrogens (tertiary/aromatic N) is 3. The molecule has 130 valence electrons. The van der Waals surface area contributed by atoms with Crippen molar-refractivity contribution >= 4 is 11.6 Å². The molecule has 0 aliphatic carbocycles. The van der Waals surface area contributed by atoms with Crippen LogP contribution in [0.15, 0.2) is 59.9 Å². The summed E-state index contributed by atoms with van der Waals surface area (Å²) in [6.45, 7) is 1.35. The molecule has 0 aliphatic rings. The SMILES string of the molecule is CN=C(NCCc1cn2ccccc2n1)NCCc1ccccc1F. The van der Waals surface area contributed by atoms with E-state index >= 15 is 0 Å². The number of hydrogen-bond donors (Lipinski definition) is 2. The van der Waals surface area contributed by atoms with E-state index in [1.54, 1.807) is 19.2 Å². The minimum atomic E-state index is -0.168. The van der Waals surface area contributed by atoms with Crippen molar-refractivity contribution in [2.24, 2.45) is 4.99 Å². The Bertz CT molecular complexity index is 823. The van der Waals surface area contributed by atoms with Gasteiger partial charge in [-0.25, -0.2) is 9.37 Å². The Morgan fingerprint density at radius 3 is 2.60 bits per heavy atom. The molecule has 0 fully saturated rings. The monoisotopic (exact) mass is 339 g/mol. The molecule has 0 atom stereocenters. The highest BCUT2D eigenvalue weighted by Gasteiger charge is 2.03. The fraction of sp³-hybridized carbons (Fsp3) is 0.263. The second-order valence-electron chi connectivity index (χ2n) is 5.72. The summed E-state index contributed by atoms with van der Waals surface area (Å²) in [6, 6.07) is 12.8. The van der Waals surface area contributed by atoms with E-state index in [4.69, 9.17) is 0 Å². The number of aromatic nitrogens is 2. The van der Waals surface area contributed by atoms with Crippen LogP contribution in [0.3, 0.4) is 0 Å². The average Bonchev–Trinajstić information content (AvgIpc) is 3.04. The van der Waals surface area contributed by atoms with E-state index in [1.165, 1.54) is 6.07 Å². The summed E-state index contributed by atoms with van der Waals surface area (Å²) in [5, 5.41) is 6.46. The molecule has 2 aromatic heterocycles. The number of aliphatic imine (C=N–C) groups is 1. The molecular weight excluding hydrogens is 317 g/mol. The molecule has 1 aromatic carbocycles. The lowest BCUT2D eigenvalue weighted by atomic mass is 10.1. The van der Waals surface area contributed by atoms with Gasteiger partial charge in [0.1, 0.15) is 11.5 Å². The number of guanidine groups is 1. The topological polar surface area (TPSA) is 53.7 Å². The first-order chi connectivity index (χ1) is 12.3. The third-order valence-corrected chi connectivity index (χ3v) is 3.96. The maximum absolute atomic E-state index is 13.6. The van der Waals surface area contributed by atoms with Gasteiger partial charge in [0.15, 0.2) is 5.96 Å². The van der Waals surface area contributed by atoms with Crippen molar-refractivity contribution < 1.29 is 4.39 Å². The van der Waals surface area contributed by atoms with Gasteiger partial charge in [0.2, 0.25) is 0 Å². The molecule has 5 nitrogen and oxygen atoms in total. The first-order valence-electron chi connectivity index (χ1n) is 8.37. The van der Waals surface area contributed by atoms with Crippen LogP contribution in [0.4, 0.5) is 4.39 Å². The van der Waals surface area contributed by atoms with Gasteiger partial charge in [0.05, 0.1) is 5.69 Å². The second kappa shape index (κ2) is 8.28. The molecule has 0 saturated heterocycles. The quantitative estimate of drug-likeness (QED) is 0.536. The van der Waals surface area contributed by atoms with Crippen LogP contribution in [0.1, 0.15) is 11.3 Å². The van der Waals surface area contributed by atoms with Gasteiger partial charge in [-0.2, -0.15) is 0 Å². The van der Waals surface area contributed by atoms with Gasteiger partial charge in [-0.1, -0.05) is 24.3 Å². The maximum Gasteiger partial charge on any atom is 0.190 e. The molecule has 3 aromatic rings. The van der Waals surface area contributed by atoms with Gasteiger partial charge in [-0.05, 0) is 30.2 Å². The van der Waals surface area contributed by atoms with Gasteiger partial charge < -0.3 is 15.0 Å². The zero-order valence-corrected chi connectivity index (χ0v) is 14.2. The summed E-state index contributed by atoms with van der Waals surface area (Å²) in [4.78, 5) is 8.76. The molecule has 0 aliphatic heterocycles. The van der Waals surface area contributed by atoms with E-state index in [2.05, 4.69) is 20.6 Å². The van der Waals surface area contributed by atoms with Crippen molar-refractivity contribution in [2.75, 3.05) is 20.1 Å². The number of benzene rings is 1. The van der Waals surface area contributed by atoms with Crippen LogP contribution >= 0.6 is 0 Å². The van der Waals surface area contributed by atoms with Crippen LogP contribution in [-0.4, -0.2) is 35.5 Å². The molecule has 0 bridgehead atoms. The lowest BCUT2D eigenvalue weighted by Crippen LogP contribution is -2.39. The lowest BCUT2D eigenvalue weighted by Gasteiger charge is -2.11. The Kier molecular flexibility index (Phi) is 5.61. The molecule has 2 N–H and O–H groups in total. The van der Waals surface area contributed by atoms with E-state index in [0.717, 1.165) is 24.3 Å². The van der Waals surface area contributed by atoms with Gasteiger partial charge in [-0.3, -0.25) is 4.99 Å². The van der Waals surface area contributed by atoms with Crippen LogP contribution in [0.25, 0.3) is 5.65 Å². The summed E-state index contributed by atoms with van der Waals surface area (Å²) in [5.74, 6) is 0.541. The number of hydrogen-bond acceptors (Lipinski definition) is 2. The van der Waals surface area contributed by atoms with Gasteiger partial charge in [0, 0.05) is 39.0 Å². The highest BCUT2D eigenvalue weighted by atomic mass is 19.1. The van der Waals surface area contributed by atoms with Crippen molar-refractivity contribution in [3.63, 3.8) is 0 Å². The molecule has 0 amide bonds. The highest BCUT2D eigenvalue weighted by Crippen LogP contribution is 2.06. The van der Waals surface area contributed by atoms with Crippen molar-refractivity contribution in [1.29, 1.82) is 0 Å². The number of imidazole rings is 1. The molecule has 0 unspecified atom stereocenters. The Hall–Kier alpha value is -2.89. The summed E-state index contributed by atoms with van der Waals surface area (Å²) in [5.41, 5.74) is 2.68. The second-order valence-corrected chi connectivity index (χ2v) is 5.72. The summed E-state index contributed by atoms with van der Waals surface area (Å²) < 4.78 is 15.6. The number of nitrogens with one attached hydrogen (secondary N) is 2. The average molecular weight is 339 g/mol. The fourth-order valence-electron chi connectivity index (χ4n) is 2.65. The third kappa shape index (κ3) is 4.56. The first kappa shape index (κ1) is 17.0. The minimum absolute atomic E-state index is 0.168. The van der Waals surface area contributed by atoms with E-state index in [0.29, 0.717) is 24.5 Å². The molecule has 0 radical (unpaired) electrons. The summed E-state index contributed by atoms with van der Waals surface area (Å²) in [6.07, 6.45) is 5.43. The summed E-state index contributed by atoms with van der Waals surface area (Å²) >= 11 is 0. The van der Waals surface area contributed by atoms with Crippen molar-refractivity contribution in [3.05, 3.63) is 71.9 Å². The number of pyridine rings is 1. The Balaban J connectivity index is 1.44. The van der Waals surface area contributed by atoms with Gasteiger partial charge in [0.25, 0.3) is 0 Å². The Labute approximate surface area is 146 Å². The van der Waals surface area contributed by atoms with Crippen LogP contribution in [0, 0.1) is 5.82 Å². The number of rotatable bonds is 6. The number of fused-ring (bicyclic) bond motifs is 1. The van der Waals surface area contributed by atoms with Gasteiger partial charge in [-0.15, -0.1) is 0 Å². The minimum Gasteiger partial charge on any atom is -0.356 e. The van der Waals surface area contributed by atoms with Crippen molar-refractivity contribution in [1.82, 2.24) is 20.0 Å².